The number of ether oxygens (including phenoxy) is 2. The van der Waals surface area contributed by atoms with Crippen LogP contribution in [0.25, 0.3) is 0 Å². The second kappa shape index (κ2) is 10.3. The Morgan fingerprint density at radius 3 is 2.44 bits per heavy atom. The van der Waals surface area contributed by atoms with Crippen molar-refractivity contribution in [3.8, 4) is 11.5 Å². The fourth-order valence-corrected chi connectivity index (χ4v) is 3.42. The van der Waals surface area contributed by atoms with Gasteiger partial charge in [0, 0.05) is 5.56 Å². The number of alkyl halides is 2. The predicted molar refractivity (Wildman–Crippen MR) is 109 cm³/mol. The lowest BCUT2D eigenvalue weighted by molar-refractivity contribution is -0.725. The van der Waals surface area contributed by atoms with Gasteiger partial charge < -0.3 is 24.6 Å². The Balaban J connectivity index is 1.76. The molecule has 174 valence electrons. The zero-order valence-electron chi connectivity index (χ0n) is 16.2. The molecule has 9 nitrogen and oxygen atoms in total. The fraction of sp³-hybridized carbons (Fsp3) is 0.333. The van der Waals surface area contributed by atoms with Crippen LogP contribution >= 0.6 is 31.0 Å². The van der Waals surface area contributed by atoms with Crippen molar-refractivity contribution >= 4 is 42.6 Å². The SMILES string of the molecule is O=C(Nc1c(Cl)c[n+](COP(=O)(O)O)cc1Cl)c1ccc(OC(F)F)c(OCC2CC2)c1. The molecular formula is C18H18Cl2F2N2O7P+. The number of anilines is 1. The van der Waals surface area contributed by atoms with Gasteiger partial charge in [0.2, 0.25) is 0 Å². The highest BCUT2D eigenvalue weighted by molar-refractivity contribution is 7.46. The zero-order valence-corrected chi connectivity index (χ0v) is 18.6. The predicted octanol–water partition coefficient (Wildman–Crippen LogP) is 3.99. The minimum Gasteiger partial charge on any atom is -0.489 e. The van der Waals surface area contributed by atoms with Gasteiger partial charge in [-0.15, -0.1) is 0 Å². The van der Waals surface area contributed by atoms with Crippen molar-refractivity contribution in [1.29, 1.82) is 0 Å². The number of hydrogen-bond donors (Lipinski definition) is 3. The summed E-state index contributed by atoms with van der Waals surface area (Å²) in [5.41, 5.74) is 0.102. The van der Waals surface area contributed by atoms with Crippen molar-refractivity contribution < 1.29 is 46.5 Å². The number of nitrogens with one attached hydrogen (secondary N) is 1. The van der Waals surface area contributed by atoms with Crippen molar-refractivity contribution in [2.24, 2.45) is 5.92 Å². The average molecular weight is 514 g/mol. The van der Waals surface area contributed by atoms with Crippen molar-refractivity contribution in [2.75, 3.05) is 11.9 Å². The summed E-state index contributed by atoms with van der Waals surface area (Å²) >= 11 is 12.2. The summed E-state index contributed by atoms with van der Waals surface area (Å²) in [5.74, 6) is -0.505. The lowest BCUT2D eigenvalue weighted by Crippen LogP contribution is -2.34. The Hall–Kier alpha value is -2.01. The first kappa shape index (κ1) is 24.6. The highest BCUT2D eigenvalue weighted by Crippen LogP contribution is 2.36. The fourth-order valence-electron chi connectivity index (χ4n) is 2.54. The van der Waals surface area contributed by atoms with E-state index < -0.39 is 27.1 Å². The number of carbonyl (C=O) groups is 1. The highest BCUT2D eigenvalue weighted by Gasteiger charge is 2.24. The summed E-state index contributed by atoms with van der Waals surface area (Å²) in [4.78, 5) is 30.2. The molecule has 0 radical (unpaired) electrons. The number of carbonyl (C=O) groups excluding carboxylic acids is 1. The Kier molecular flexibility index (Phi) is 7.92. The van der Waals surface area contributed by atoms with Gasteiger partial charge in [-0.3, -0.25) is 4.79 Å². The topological polar surface area (TPSA) is 118 Å². The number of rotatable bonds is 10. The van der Waals surface area contributed by atoms with Gasteiger partial charge >= 0.3 is 14.4 Å². The van der Waals surface area contributed by atoms with Crippen LogP contribution in [-0.4, -0.2) is 28.9 Å². The van der Waals surface area contributed by atoms with Crippen LogP contribution in [0, 0.1) is 5.92 Å². The molecule has 1 aromatic heterocycles. The molecule has 1 heterocycles. The van der Waals surface area contributed by atoms with E-state index in [1.54, 1.807) is 0 Å². The Morgan fingerprint density at radius 2 is 1.88 bits per heavy atom. The smallest absolute Gasteiger partial charge is 0.474 e. The molecule has 2 aromatic rings. The van der Waals surface area contributed by atoms with Gasteiger partial charge in [0.15, 0.2) is 23.9 Å². The standard InChI is InChI=1S/C18H17Cl2F2N2O7P/c19-12-6-24(9-30-32(26,27)28)7-13(20)16(12)23-17(25)11-3-4-14(31-18(21)22)15(5-11)29-8-10-1-2-10/h3-7,10,18H,1-2,8-9H2,(H2,26,27,28)/p+1. The number of aromatic nitrogens is 1. The van der Waals surface area contributed by atoms with E-state index in [1.807, 2.05) is 0 Å². The molecule has 32 heavy (non-hydrogen) atoms. The van der Waals surface area contributed by atoms with Crippen LogP contribution in [0.2, 0.25) is 10.0 Å². The minimum atomic E-state index is -4.71. The molecule has 0 bridgehead atoms. The van der Waals surface area contributed by atoms with Crippen LogP contribution in [-0.2, 0) is 15.8 Å². The van der Waals surface area contributed by atoms with E-state index in [4.69, 9.17) is 37.7 Å². The molecule has 0 aliphatic heterocycles. The molecule has 1 saturated carbocycles. The third-order valence-electron chi connectivity index (χ3n) is 4.24. The van der Waals surface area contributed by atoms with E-state index in [0.29, 0.717) is 12.5 Å². The van der Waals surface area contributed by atoms with E-state index in [2.05, 4.69) is 14.6 Å². The number of amides is 1. The minimum absolute atomic E-state index is 0.00235. The quantitative estimate of drug-likeness (QED) is 0.324. The number of phosphoric acid groups is 1. The number of phosphoric ester groups is 1. The normalized spacial score (nSPS) is 13.8. The first-order valence-electron chi connectivity index (χ1n) is 9.13. The average Bonchev–Trinajstić information content (AvgIpc) is 3.51. The number of hydrogen-bond acceptors (Lipinski definition) is 5. The lowest BCUT2D eigenvalue weighted by Gasteiger charge is -2.14. The third-order valence-corrected chi connectivity index (χ3v) is 5.27. The molecule has 1 aliphatic rings. The molecule has 3 N–H and O–H groups in total. The molecule has 1 amide bonds. The van der Waals surface area contributed by atoms with Gasteiger partial charge in [-0.2, -0.15) is 13.3 Å². The summed E-state index contributed by atoms with van der Waals surface area (Å²) in [6.07, 6.45) is 4.44. The molecule has 1 fully saturated rings. The van der Waals surface area contributed by atoms with Gasteiger partial charge in [0.05, 0.1) is 12.3 Å². The van der Waals surface area contributed by atoms with Crippen LogP contribution in [0.1, 0.15) is 23.2 Å². The monoisotopic (exact) mass is 513 g/mol. The van der Waals surface area contributed by atoms with E-state index >= 15 is 0 Å². The van der Waals surface area contributed by atoms with Gasteiger partial charge in [-0.05, 0) is 37.0 Å². The van der Waals surface area contributed by atoms with E-state index in [0.717, 1.165) is 12.8 Å². The van der Waals surface area contributed by atoms with Crippen LogP contribution in [0.5, 0.6) is 11.5 Å². The van der Waals surface area contributed by atoms with E-state index in [-0.39, 0.29) is 32.8 Å². The summed E-state index contributed by atoms with van der Waals surface area (Å²) in [6.45, 7) is -3.27. The van der Waals surface area contributed by atoms with Crippen molar-refractivity contribution in [3.63, 3.8) is 0 Å². The highest BCUT2D eigenvalue weighted by atomic mass is 35.5. The van der Waals surface area contributed by atoms with E-state index in [1.165, 1.54) is 35.2 Å². The van der Waals surface area contributed by atoms with Crippen LogP contribution in [0.4, 0.5) is 14.5 Å². The van der Waals surface area contributed by atoms with Gasteiger partial charge in [0.25, 0.3) is 12.6 Å². The van der Waals surface area contributed by atoms with Gasteiger partial charge in [-0.25, -0.2) is 9.09 Å². The van der Waals surface area contributed by atoms with Crippen LogP contribution in [0.3, 0.4) is 0 Å². The molecule has 1 aromatic carbocycles. The lowest BCUT2D eigenvalue weighted by atomic mass is 10.2. The summed E-state index contributed by atoms with van der Waals surface area (Å²) in [6, 6.07) is 3.74. The first-order valence-corrected chi connectivity index (χ1v) is 11.4. The van der Waals surface area contributed by atoms with Gasteiger partial charge in [-0.1, -0.05) is 23.2 Å². The number of nitrogens with zero attached hydrogens (tertiary/aromatic N) is 1. The number of benzene rings is 1. The summed E-state index contributed by atoms with van der Waals surface area (Å²) in [7, 11) is -4.71. The van der Waals surface area contributed by atoms with Crippen molar-refractivity contribution in [2.45, 2.75) is 26.2 Å². The van der Waals surface area contributed by atoms with E-state index in [9.17, 15) is 18.1 Å². The summed E-state index contributed by atoms with van der Waals surface area (Å²) in [5, 5.41) is 2.43. The maximum Gasteiger partial charge on any atom is 0.474 e. The number of halogens is 4. The van der Waals surface area contributed by atoms with Gasteiger partial charge in [0.1, 0.15) is 10.0 Å². The van der Waals surface area contributed by atoms with Crippen LogP contribution in [0.15, 0.2) is 30.6 Å². The Bertz CT molecular complexity index is 1030. The Morgan fingerprint density at radius 1 is 1.22 bits per heavy atom. The maximum absolute atomic E-state index is 12.7. The first-order chi connectivity index (χ1) is 15.0. The molecule has 0 saturated heterocycles. The third kappa shape index (κ3) is 7.26. The second-order valence-electron chi connectivity index (χ2n) is 6.84. The van der Waals surface area contributed by atoms with Crippen LogP contribution < -0.4 is 19.4 Å². The summed E-state index contributed by atoms with van der Waals surface area (Å²) < 4.78 is 51.7. The molecule has 3 rings (SSSR count). The largest absolute Gasteiger partial charge is 0.489 e. The van der Waals surface area contributed by atoms with Crippen molar-refractivity contribution in [3.05, 3.63) is 46.2 Å². The Labute approximate surface area is 191 Å². The molecule has 0 atom stereocenters. The van der Waals surface area contributed by atoms with Crippen molar-refractivity contribution in [1.82, 2.24) is 0 Å². The molecule has 14 heteroatoms. The molecule has 0 unspecified atom stereocenters. The maximum atomic E-state index is 12.7. The zero-order chi connectivity index (χ0) is 23.5. The second-order valence-corrected chi connectivity index (χ2v) is 8.89. The molecular weight excluding hydrogens is 496 g/mol. The number of pyridine rings is 1. The molecule has 1 aliphatic carbocycles. The molecule has 0 spiro atoms.